The third-order valence-corrected chi connectivity index (χ3v) is 2.07. The largest absolute Gasteiger partial charge is 0.493 e. The van der Waals surface area contributed by atoms with Gasteiger partial charge in [-0.15, -0.1) is 0 Å². The number of methoxy groups -OCH3 is 1. The van der Waals surface area contributed by atoms with Crippen LogP contribution in [0.5, 0.6) is 11.5 Å². The lowest BCUT2D eigenvalue weighted by Crippen LogP contribution is -1.96. The summed E-state index contributed by atoms with van der Waals surface area (Å²) in [6.07, 6.45) is 2.24. The monoisotopic (exact) mass is 224 g/mol. The van der Waals surface area contributed by atoms with Gasteiger partial charge in [0.15, 0.2) is 11.5 Å². The van der Waals surface area contributed by atoms with Gasteiger partial charge in [-0.05, 0) is 31.0 Å². The van der Waals surface area contributed by atoms with Crippen molar-refractivity contribution in [2.24, 2.45) is 0 Å². The number of hydrogen-bond acceptors (Lipinski definition) is 2. The quantitative estimate of drug-likeness (QED) is 0.750. The van der Waals surface area contributed by atoms with Crippen LogP contribution in [0.1, 0.15) is 39.7 Å². The molecule has 92 valence electrons. The topological polar surface area (TPSA) is 18.5 Å². The molecular formula is C14H24O2. The van der Waals surface area contributed by atoms with Gasteiger partial charge in [-0.3, -0.25) is 0 Å². The van der Waals surface area contributed by atoms with Crippen molar-refractivity contribution >= 4 is 0 Å². The van der Waals surface area contributed by atoms with E-state index in [1.54, 1.807) is 7.11 Å². The Labute approximate surface area is 99.6 Å². The predicted octanol–water partition coefficient (Wildman–Crippen LogP) is 4.07. The fraction of sp³-hybridized carbons (Fsp3) is 0.571. The van der Waals surface area contributed by atoms with Gasteiger partial charge in [-0.2, -0.15) is 0 Å². The standard InChI is InChI=1S/C12H18O2.C2H6/c1-4-6-10-7-8-11(14-5-2)12(9-10)13-3;1-2/h7-9H,4-6H2,1-3H3;1-2H3. The van der Waals surface area contributed by atoms with Crippen molar-refractivity contribution in [1.82, 2.24) is 0 Å². The molecule has 1 aromatic rings. The molecule has 1 aromatic carbocycles. The number of ether oxygens (including phenoxy) is 2. The van der Waals surface area contributed by atoms with Crippen LogP contribution in [0.15, 0.2) is 18.2 Å². The predicted molar refractivity (Wildman–Crippen MR) is 69.5 cm³/mol. The van der Waals surface area contributed by atoms with Crippen LogP contribution in [0, 0.1) is 0 Å². The summed E-state index contributed by atoms with van der Waals surface area (Å²) in [6.45, 7) is 8.81. The smallest absolute Gasteiger partial charge is 0.161 e. The molecule has 0 fully saturated rings. The Bertz CT molecular complexity index is 282. The molecule has 0 aromatic heterocycles. The normalized spacial score (nSPS) is 9.06. The van der Waals surface area contributed by atoms with Gasteiger partial charge in [-0.25, -0.2) is 0 Å². The maximum absolute atomic E-state index is 5.44. The fourth-order valence-electron chi connectivity index (χ4n) is 1.43. The summed E-state index contributed by atoms with van der Waals surface area (Å²) in [5, 5.41) is 0. The second-order valence-electron chi connectivity index (χ2n) is 3.17. The lowest BCUT2D eigenvalue weighted by molar-refractivity contribution is 0.310. The minimum Gasteiger partial charge on any atom is -0.493 e. The molecule has 0 N–H and O–H groups in total. The number of hydrogen-bond donors (Lipinski definition) is 0. The molecular weight excluding hydrogens is 200 g/mol. The molecule has 0 aliphatic heterocycles. The Morgan fingerprint density at radius 3 is 2.25 bits per heavy atom. The second kappa shape index (κ2) is 9.08. The highest BCUT2D eigenvalue weighted by atomic mass is 16.5. The molecule has 0 aliphatic carbocycles. The molecule has 0 saturated heterocycles. The Kier molecular flexibility index (Phi) is 8.41. The maximum Gasteiger partial charge on any atom is 0.161 e. The van der Waals surface area contributed by atoms with E-state index in [-0.39, 0.29) is 0 Å². The highest BCUT2D eigenvalue weighted by Gasteiger charge is 2.04. The fourth-order valence-corrected chi connectivity index (χ4v) is 1.43. The average molecular weight is 224 g/mol. The van der Waals surface area contributed by atoms with Crippen molar-refractivity contribution in [3.63, 3.8) is 0 Å². The van der Waals surface area contributed by atoms with Gasteiger partial charge in [0.1, 0.15) is 0 Å². The van der Waals surface area contributed by atoms with Crippen molar-refractivity contribution < 1.29 is 9.47 Å². The van der Waals surface area contributed by atoms with Crippen LogP contribution in [-0.2, 0) is 6.42 Å². The molecule has 0 unspecified atom stereocenters. The molecule has 0 aliphatic rings. The van der Waals surface area contributed by atoms with Gasteiger partial charge < -0.3 is 9.47 Å². The first-order valence-corrected chi connectivity index (χ1v) is 6.11. The van der Waals surface area contributed by atoms with Gasteiger partial charge >= 0.3 is 0 Å². The van der Waals surface area contributed by atoms with Gasteiger partial charge in [0, 0.05) is 0 Å². The molecule has 16 heavy (non-hydrogen) atoms. The maximum atomic E-state index is 5.44. The molecule has 0 saturated carbocycles. The summed E-state index contributed by atoms with van der Waals surface area (Å²) in [5.74, 6) is 1.66. The second-order valence-corrected chi connectivity index (χ2v) is 3.17. The van der Waals surface area contributed by atoms with Crippen molar-refractivity contribution in [3.05, 3.63) is 23.8 Å². The lowest BCUT2D eigenvalue weighted by atomic mass is 10.1. The van der Waals surface area contributed by atoms with E-state index >= 15 is 0 Å². The van der Waals surface area contributed by atoms with E-state index in [9.17, 15) is 0 Å². The SMILES string of the molecule is CC.CCCc1ccc(OCC)c(OC)c1. The Hall–Kier alpha value is -1.18. The summed E-state index contributed by atoms with van der Waals surface area (Å²) in [4.78, 5) is 0. The molecule has 2 heteroatoms. The van der Waals surface area contributed by atoms with Crippen LogP contribution >= 0.6 is 0 Å². The van der Waals surface area contributed by atoms with E-state index in [2.05, 4.69) is 19.1 Å². The third-order valence-electron chi connectivity index (χ3n) is 2.07. The van der Waals surface area contributed by atoms with Gasteiger partial charge in [0.05, 0.1) is 13.7 Å². The van der Waals surface area contributed by atoms with E-state index in [0.29, 0.717) is 6.61 Å². The first kappa shape index (κ1) is 14.8. The van der Waals surface area contributed by atoms with Crippen molar-refractivity contribution in [2.75, 3.05) is 13.7 Å². The van der Waals surface area contributed by atoms with Crippen LogP contribution in [0.2, 0.25) is 0 Å². The van der Waals surface area contributed by atoms with Crippen molar-refractivity contribution in [1.29, 1.82) is 0 Å². The highest BCUT2D eigenvalue weighted by molar-refractivity contribution is 5.42. The molecule has 0 spiro atoms. The molecule has 0 amide bonds. The minimum atomic E-state index is 0.670. The first-order chi connectivity index (χ1) is 7.81. The summed E-state index contributed by atoms with van der Waals surface area (Å²) in [6, 6.07) is 6.12. The average Bonchev–Trinajstić information content (AvgIpc) is 2.34. The van der Waals surface area contributed by atoms with Gasteiger partial charge in [0.2, 0.25) is 0 Å². The zero-order valence-corrected chi connectivity index (χ0v) is 11.2. The molecule has 0 bridgehead atoms. The number of benzene rings is 1. The number of aryl methyl sites for hydroxylation is 1. The summed E-state index contributed by atoms with van der Waals surface area (Å²) in [7, 11) is 1.67. The van der Waals surface area contributed by atoms with Gasteiger partial charge in [-0.1, -0.05) is 33.3 Å². The summed E-state index contributed by atoms with van der Waals surface area (Å²) >= 11 is 0. The first-order valence-electron chi connectivity index (χ1n) is 6.11. The zero-order valence-electron chi connectivity index (χ0n) is 11.2. The molecule has 1 rings (SSSR count). The van der Waals surface area contributed by atoms with Gasteiger partial charge in [0.25, 0.3) is 0 Å². The third kappa shape index (κ3) is 4.56. The van der Waals surface area contributed by atoms with Crippen LogP contribution in [0.3, 0.4) is 0 Å². The van der Waals surface area contributed by atoms with Crippen LogP contribution in [0.4, 0.5) is 0 Å². The van der Waals surface area contributed by atoms with Crippen LogP contribution < -0.4 is 9.47 Å². The molecule has 0 atom stereocenters. The van der Waals surface area contributed by atoms with E-state index in [0.717, 1.165) is 24.3 Å². The summed E-state index contributed by atoms with van der Waals surface area (Å²) in [5.41, 5.74) is 1.30. The minimum absolute atomic E-state index is 0.670. The van der Waals surface area contributed by atoms with E-state index in [1.165, 1.54) is 5.56 Å². The van der Waals surface area contributed by atoms with Crippen molar-refractivity contribution in [3.8, 4) is 11.5 Å². The number of rotatable bonds is 5. The Morgan fingerprint density at radius 1 is 1.06 bits per heavy atom. The van der Waals surface area contributed by atoms with E-state index in [4.69, 9.17) is 9.47 Å². The Balaban J connectivity index is 0.00000106. The van der Waals surface area contributed by atoms with Crippen LogP contribution in [0.25, 0.3) is 0 Å². The van der Waals surface area contributed by atoms with Crippen molar-refractivity contribution in [2.45, 2.75) is 40.5 Å². The highest BCUT2D eigenvalue weighted by Crippen LogP contribution is 2.28. The molecule has 0 heterocycles. The van der Waals surface area contributed by atoms with E-state index < -0.39 is 0 Å². The Morgan fingerprint density at radius 2 is 1.75 bits per heavy atom. The van der Waals surface area contributed by atoms with Crippen LogP contribution in [-0.4, -0.2) is 13.7 Å². The molecule has 0 radical (unpaired) electrons. The summed E-state index contributed by atoms with van der Waals surface area (Å²) < 4.78 is 10.7. The molecule has 2 nitrogen and oxygen atoms in total. The van der Waals surface area contributed by atoms with E-state index in [1.807, 2.05) is 26.8 Å². The zero-order chi connectivity index (χ0) is 12.4. The lowest BCUT2D eigenvalue weighted by Gasteiger charge is -2.10.